The van der Waals surface area contributed by atoms with E-state index in [2.05, 4.69) is 35.3 Å². The van der Waals surface area contributed by atoms with Gasteiger partial charge < -0.3 is 19.7 Å². The molecule has 0 saturated carbocycles. The van der Waals surface area contributed by atoms with Crippen molar-refractivity contribution < 1.29 is 9.47 Å². The average Bonchev–Trinajstić information content (AvgIpc) is 2.70. The zero-order valence-electron chi connectivity index (χ0n) is 12.2. The third-order valence-electron chi connectivity index (χ3n) is 4.13. The fourth-order valence-corrected chi connectivity index (χ4v) is 3.12. The highest BCUT2D eigenvalue weighted by Crippen LogP contribution is 2.32. The van der Waals surface area contributed by atoms with Crippen molar-refractivity contribution in [2.45, 2.75) is 31.8 Å². The zero-order chi connectivity index (χ0) is 13.8. The van der Waals surface area contributed by atoms with Crippen molar-refractivity contribution in [1.29, 1.82) is 0 Å². The van der Waals surface area contributed by atoms with E-state index in [4.69, 9.17) is 9.47 Å². The van der Waals surface area contributed by atoms with Gasteiger partial charge in [-0.15, -0.1) is 0 Å². The second-order valence-electron chi connectivity index (χ2n) is 5.67. The van der Waals surface area contributed by atoms with Gasteiger partial charge in [0.25, 0.3) is 0 Å². The van der Waals surface area contributed by atoms with Crippen molar-refractivity contribution in [3.8, 4) is 5.75 Å². The molecular formula is C16H24N2O2. The van der Waals surface area contributed by atoms with Crippen molar-refractivity contribution >= 4 is 5.69 Å². The minimum Gasteiger partial charge on any atom is -0.491 e. The third kappa shape index (κ3) is 3.07. The predicted octanol–water partition coefficient (Wildman–Crippen LogP) is 2.04. The summed E-state index contributed by atoms with van der Waals surface area (Å²) in [4.78, 5) is 2.48. The summed E-state index contributed by atoms with van der Waals surface area (Å²) < 4.78 is 11.4. The lowest BCUT2D eigenvalue weighted by molar-refractivity contribution is 0.0722. The Morgan fingerprint density at radius 1 is 1.35 bits per heavy atom. The van der Waals surface area contributed by atoms with Crippen molar-refractivity contribution in [3.63, 3.8) is 0 Å². The Kier molecular flexibility index (Phi) is 4.43. The van der Waals surface area contributed by atoms with Crippen LogP contribution in [0.4, 0.5) is 5.69 Å². The average molecular weight is 276 g/mol. The number of anilines is 1. The predicted molar refractivity (Wildman–Crippen MR) is 80.6 cm³/mol. The summed E-state index contributed by atoms with van der Waals surface area (Å²) >= 11 is 0. The summed E-state index contributed by atoms with van der Waals surface area (Å²) in [6, 6.07) is 9.33. The van der Waals surface area contributed by atoms with Gasteiger partial charge in [0.1, 0.15) is 5.75 Å². The molecule has 0 amide bonds. The van der Waals surface area contributed by atoms with Crippen LogP contribution in [-0.2, 0) is 4.74 Å². The fraction of sp³-hybridized carbons (Fsp3) is 0.625. The largest absolute Gasteiger partial charge is 0.491 e. The van der Waals surface area contributed by atoms with Crippen LogP contribution in [0.5, 0.6) is 5.75 Å². The van der Waals surface area contributed by atoms with Gasteiger partial charge in [-0.25, -0.2) is 0 Å². The van der Waals surface area contributed by atoms with E-state index < -0.39 is 0 Å². The second kappa shape index (κ2) is 6.46. The standard InChI is InChI=1S/C16H24N2O2/c1-13(11-14-12-19-10-7-17-14)18-8-4-9-20-16-6-3-2-5-15(16)18/h2-3,5-6,13-14,17H,4,7-12H2,1H3. The highest BCUT2D eigenvalue weighted by Gasteiger charge is 2.24. The van der Waals surface area contributed by atoms with E-state index in [0.29, 0.717) is 12.1 Å². The van der Waals surface area contributed by atoms with Crippen molar-refractivity contribution in [3.05, 3.63) is 24.3 Å². The first-order chi connectivity index (χ1) is 9.84. The highest BCUT2D eigenvalue weighted by atomic mass is 16.5. The summed E-state index contributed by atoms with van der Waals surface area (Å²) in [6.07, 6.45) is 2.18. The molecule has 2 aliphatic rings. The molecule has 0 spiro atoms. The van der Waals surface area contributed by atoms with Gasteiger partial charge in [0.15, 0.2) is 0 Å². The van der Waals surface area contributed by atoms with Gasteiger partial charge in [-0.3, -0.25) is 0 Å². The maximum Gasteiger partial charge on any atom is 0.142 e. The molecule has 0 aromatic heterocycles. The van der Waals surface area contributed by atoms with Gasteiger partial charge >= 0.3 is 0 Å². The maximum atomic E-state index is 5.84. The van der Waals surface area contributed by atoms with Crippen LogP contribution in [0.15, 0.2) is 24.3 Å². The molecule has 110 valence electrons. The smallest absolute Gasteiger partial charge is 0.142 e. The lowest BCUT2D eigenvalue weighted by atomic mass is 10.1. The third-order valence-corrected chi connectivity index (χ3v) is 4.13. The van der Waals surface area contributed by atoms with E-state index >= 15 is 0 Å². The van der Waals surface area contributed by atoms with Crippen LogP contribution >= 0.6 is 0 Å². The molecule has 1 aromatic rings. The van der Waals surface area contributed by atoms with Crippen LogP contribution in [0, 0.1) is 0 Å². The van der Waals surface area contributed by atoms with Crippen molar-refractivity contribution in [2.24, 2.45) is 0 Å². The lowest BCUT2D eigenvalue weighted by Crippen LogP contribution is -2.46. The molecule has 3 rings (SSSR count). The Balaban J connectivity index is 1.71. The van der Waals surface area contributed by atoms with Gasteiger partial charge in [-0.2, -0.15) is 0 Å². The number of ether oxygens (including phenoxy) is 2. The number of benzene rings is 1. The first-order valence-corrected chi connectivity index (χ1v) is 7.64. The Labute approximate surface area is 121 Å². The minimum atomic E-state index is 0.468. The van der Waals surface area contributed by atoms with E-state index in [9.17, 15) is 0 Å². The second-order valence-corrected chi connectivity index (χ2v) is 5.67. The minimum absolute atomic E-state index is 0.468. The monoisotopic (exact) mass is 276 g/mol. The molecule has 0 aliphatic carbocycles. The number of nitrogens with one attached hydrogen (secondary N) is 1. The molecule has 2 atom stereocenters. The van der Waals surface area contributed by atoms with E-state index in [1.807, 2.05) is 6.07 Å². The zero-order valence-corrected chi connectivity index (χ0v) is 12.2. The summed E-state index contributed by atoms with van der Waals surface area (Å²) in [6.45, 7) is 6.81. The molecular weight excluding hydrogens is 252 g/mol. The van der Waals surface area contributed by atoms with E-state index in [-0.39, 0.29) is 0 Å². The number of para-hydroxylation sites is 2. The van der Waals surface area contributed by atoms with Crippen LogP contribution in [0.3, 0.4) is 0 Å². The molecule has 1 fully saturated rings. The summed E-state index contributed by atoms with van der Waals surface area (Å²) in [7, 11) is 0. The number of morpholine rings is 1. The number of hydrogen-bond donors (Lipinski definition) is 1. The van der Waals surface area contributed by atoms with Crippen molar-refractivity contribution in [2.75, 3.05) is 37.8 Å². The molecule has 2 aliphatic heterocycles. The Hall–Kier alpha value is -1.26. The topological polar surface area (TPSA) is 33.7 Å². The first kappa shape index (κ1) is 13.7. The number of hydrogen-bond acceptors (Lipinski definition) is 4. The molecule has 0 bridgehead atoms. The normalized spacial score (nSPS) is 24.4. The molecule has 0 radical (unpaired) electrons. The van der Waals surface area contributed by atoms with Gasteiger partial charge in [-0.1, -0.05) is 12.1 Å². The molecule has 4 heteroatoms. The van der Waals surface area contributed by atoms with E-state index in [1.165, 1.54) is 5.69 Å². The van der Waals surface area contributed by atoms with Crippen LogP contribution in [0.25, 0.3) is 0 Å². The molecule has 1 N–H and O–H groups in total. The summed E-state index contributed by atoms with van der Waals surface area (Å²) in [5.41, 5.74) is 1.23. The highest BCUT2D eigenvalue weighted by molar-refractivity contribution is 5.59. The Bertz CT molecular complexity index is 432. The number of nitrogens with zero attached hydrogens (tertiary/aromatic N) is 1. The quantitative estimate of drug-likeness (QED) is 0.916. The molecule has 20 heavy (non-hydrogen) atoms. The van der Waals surface area contributed by atoms with Crippen LogP contribution in [-0.4, -0.2) is 45.0 Å². The van der Waals surface area contributed by atoms with Crippen molar-refractivity contribution in [1.82, 2.24) is 5.32 Å². The fourth-order valence-electron chi connectivity index (χ4n) is 3.12. The Morgan fingerprint density at radius 2 is 2.25 bits per heavy atom. The van der Waals surface area contributed by atoms with Gasteiger partial charge in [0, 0.05) is 25.2 Å². The van der Waals surface area contributed by atoms with Crippen LogP contribution in [0.1, 0.15) is 19.8 Å². The molecule has 2 unspecified atom stereocenters. The molecule has 1 aromatic carbocycles. The SMILES string of the molecule is CC(CC1COCCN1)N1CCCOc2ccccc21. The number of fused-ring (bicyclic) bond motifs is 1. The summed E-state index contributed by atoms with van der Waals surface area (Å²) in [5, 5.41) is 3.55. The van der Waals surface area contributed by atoms with Crippen LogP contribution in [0.2, 0.25) is 0 Å². The van der Waals surface area contributed by atoms with Gasteiger partial charge in [0.2, 0.25) is 0 Å². The summed E-state index contributed by atoms with van der Waals surface area (Å²) in [5.74, 6) is 1.02. The van der Waals surface area contributed by atoms with E-state index in [1.54, 1.807) is 0 Å². The van der Waals surface area contributed by atoms with Gasteiger partial charge in [0.05, 0.1) is 25.5 Å². The van der Waals surface area contributed by atoms with Crippen LogP contribution < -0.4 is 15.0 Å². The number of rotatable bonds is 3. The molecule has 1 saturated heterocycles. The molecule has 2 heterocycles. The Morgan fingerprint density at radius 3 is 3.10 bits per heavy atom. The lowest BCUT2D eigenvalue weighted by Gasteiger charge is -2.34. The first-order valence-electron chi connectivity index (χ1n) is 7.64. The van der Waals surface area contributed by atoms with E-state index in [0.717, 1.165) is 51.5 Å². The molecule has 4 nitrogen and oxygen atoms in total. The maximum absolute atomic E-state index is 5.84. The van der Waals surface area contributed by atoms with Gasteiger partial charge in [-0.05, 0) is 31.9 Å².